The first-order valence-electron chi connectivity index (χ1n) is 10.6. The molecule has 0 saturated heterocycles. The number of aromatic amines is 1. The van der Waals surface area contributed by atoms with E-state index in [4.69, 9.17) is 16.6 Å². The Morgan fingerprint density at radius 3 is 1.69 bits per heavy atom. The summed E-state index contributed by atoms with van der Waals surface area (Å²) < 4.78 is 0. The van der Waals surface area contributed by atoms with Gasteiger partial charge in [0.05, 0.1) is 16.4 Å². The Morgan fingerprint density at radius 2 is 1.03 bits per heavy atom. The summed E-state index contributed by atoms with van der Waals surface area (Å²) in [6.07, 6.45) is 0. The van der Waals surface area contributed by atoms with Crippen LogP contribution >= 0.6 is 11.6 Å². The highest BCUT2D eigenvalue weighted by Gasteiger charge is 2.20. The van der Waals surface area contributed by atoms with Crippen LogP contribution in [0.15, 0.2) is 109 Å². The van der Waals surface area contributed by atoms with E-state index in [-0.39, 0.29) is 0 Å². The van der Waals surface area contributed by atoms with E-state index in [0.29, 0.717) is 5.02 Å². The summed E-state index contributed by atoms with van der Waals surface area (Å²) in [6, 6.07) is 37.3. The highest BCUT2D eigenvalue weighted by molar-refractivity contribution is 6.41. The van der Waals surface area contributed by atoms with Crippen LogP contribution in [0.25, 0.3) is 55.4 Å². The van der Waals surface area contributed by atoms with E-state index in [1.54, 1.807) is 0 Å². The van der Waals surface area contributed by atoms with Gasteiger partial charge in [0.1, 0.15) is 5.82 Å². The summed E-state index contributed by atoms with van der Waals surface area (Å²) in [6.45, 7) is 0. The maximum atomic E-state index is 7.05. The third-order valence-electron chi connectivity index (χ3n) is 5.92. The van der Waals surface area contributed by atoms with Crippen LogP contribution in [0.3, 0.4) is 0 Å². The molecular formula is C29H19ClN2. The number of benzene rings is 5. The lowest BCUT2D eigenvalue weighted by atomic mass is 9.96. The molecule has 6 rings (SSSR count). The summed E-state index contributed by atoms with van der Waals surface area (Å²) in [5.41, 5.74) is 4.99. The average molecular weight is 431 g/mol. The van der Waals surface area contributed by atoms with E-state index < -0.39 is 0 Å². The number of fused-ring (bicyclic) bond motifs is 3. The van der Waals surface area contributed by atoms with Crippen molar-refractivity contribution in [2.45, 2.75) is 0 Å². The zero-order valence-electron chi connectivity index (χ0n) is 17.2. The summed E-state index contributed by atoms with van der Waals surface area (Å²) in [7, 11) is 0. The van der Waals surface area contributed by atoms with Crippen LogP contribution in [0.1, 0.15) is 0 Å². The lowest BCUT2D eigenvalue weighted by Gasteiger charge is -2.12. The molecule has 152 valence electrons. The molecular weight excluding hydrogens is 412 g/mol. The number of H-pyrrole nitrogens is 1. The molecule has 0 unspecified atom stereocenters. The number of aromatic nitrogens is 2. The van der Waals surface area contributed by atoms with Crippen LogP contribution in [-0.2, 0) is 0 Å². The van der Waals surface area contributed by atoms with Crippen LogP contribution < -0.4 is 0 Å². The third-order valence-corrected chi connectivity index (χ3v) is 6.31. The molecule has 0 aliphatic heterocycles. The van der Waals surface area contributed by atoms with Crippen molar-refractivity contribution < 1.29 is 0 Å². The minimum absolute atomic E-state index is 0.715. The fourth-order valence-electron chi connectivity index (χ4n) is 4.44. The maximum Gasteiger partial charge on any atom is 0.140 e. The van der Waals surface area contributed by atoms with Crippen LogP contribution in [0, 0.1) is 0 Å². The highest BCUT2D eigenvalue weighted by Crippen LogP contribution is 2.42. The molecule has 0 fully saturated rings. The Balaban J connectivity index is 1.70. The van der Waals surface area contributed by atoms with Crippen molar-refractivity contribution in [3.63, 3.8) is 0 Å². The van der Waals surface area contributed by atoms with E-state index in [0.717, 1.165) is 50.1 Å². The normalized spacial score (nSPS) is 11.3. The van der Waals surface area contributed by atoms with Crippen molar-refractivity contribution in [2.75, 3.05) is 0 Å². The second-order valence-corrected chi connectivity index (χ2v) is 8.20. The number of imidazole rings is 1. The number of nitrogens with one attached hydrogen (secondary N) is 1. The van der Waals surface area contributed by atoms with E-state index in [2.05, 4.69) is 71.7 Å². The number of hydrogen-bond acceptors (Lipinski definition) is 1. The first kappa shape index (κ1) is 18.9. The van der Waals surface area contributed by atoms with E-state index in [1.807, 2.05) is 42.5 Å². The van der Waals surface area contributed by atoms with Crippen molar-refractivity contribution in [2.24, 2.45) is 0 Å². The lowest BCUT2D eigenvalue weighted by molar-refractivity contribution is 1.32. The molecule has 3 heteroatoms. The van der Waals surface area contributed by atoms with Gasteiger partial charge in [-0.15, -0.1) is 0 Å². The molecule has 0 atom stereocenters. The standard InChI is InChI=1S/C29H19ClN2/c30-26-24-18-10-8-16-22(24)21-15-7-9-17-23(21)25(26)29-31-27(19-11-3-1-4-12-19)28(32-29)20-13-5-2-6-14-20/h1-18H,(H,31,32). The molecule has 0 radical (unpaired) electrons. The van der Waals surface area contributed by atoms with Crippen LogP contribution in [0.2, 0.25) is 5.02 Å². The Bertz CT molecular complexity index is 1510. The first-order chi connectivity index (χ1) is 15.8. The molecule has 0 amide bonds. The number of rotatable bonds is 3. The fourth-order valence-corrected chi connectivity index (χ4v) is 4.80. The smallest absolute Gasteiger partial charge is 0.140 e. The molecule has 0 spiro atoms. The molecule has 0 saturated carbocycles. The molecule has 32 heavy (non-hydrogen) atoms. The zero-order valence-corrected chi connectivity index (χ0v) is 18.0. The molecule has 6 aromatic rings. The summed E-state index contributed by atoms with van der Waals surface area (Å²) >= 11 is 7.05. The molecule has 0 bridgehead atoms. The zero-order chi connectivity index (χ0) is 21.5. The van der Waals surface area contributed by atoms with Gasteiger partial charge >= 0.3 is 0 Å². The van der Waals surface area contributed by atoms with Gasteiger partial charge < -0.3 is 4.98 Å². The van der Waals surface area contributed by atoms with Crippen molar-refractivity contribution in [3.05, 3.63) is 114 Å². The predicted molar refractivity (Wildman–Crippen MR) is 135 cm³/mol. The fraction of sp³-hybridized carbons (Fsp3) is 0. The molecule has 1 heterocycles. The second kappa shape index (κ2) is 7.67. The summed E-state index contributed by atoms with van der Waals surface area (Å²) in [5, 5.41) is 5.15. The second-order valence-electron chi connectivity index (χ2n) is 7.82. The van der Waals surface area contributed by atoms with Gasteiger partial charge in [0, 0.05) is 22.1 Å². The SMILES string of the molecule is Clc1c(-c2nc(-c3ccccc3)c(-c3ccccc3)[nH]2)c2ccccc2c2ccccc12. The van der Waals surface area contributed by atoms with E-state index >= 15 is 0 Å². The van der Waals surface area contributed by atoms with E-state index in [1.165, 1.54) is 5.39 Å². The van der Waals surface area contributed by atoms with Gasteiger partial charge in [0.25, 0.3) is 0 Å². The number of hydrogen-bond donors (Lipinski definition) is 1. The summed E-state index contributed by atoms with van der Waals surface area (Å²) in [4.78, 5) is 8.72. The topological polar surface area (TPSA) is 28.7 Å². The van der Waals surface area contributed by atoms with Gasteiger partial charge in [-0.2, -0.15) is 0 Å². The number of halogens is 1. The third kappa shape index (κ3) is 3.00. The quantitative estimate of drug-likeness (QED) is 0.280. The Hall–Kier alpha value is -3.88. The molecule has 5 aromatic carbocycles. The Morgan fingerprint density at radius 1 is 0.531 bits per heavy atom. The van der Waals surface area contributed by atoms with Crippen molar-refractivity contribution in [1.29, 1.82) is 0 Å². The van der Waals surface area contributed by atoms with Gasteiger partial charge in [0.2, 0.25) is 0 Å². The Labute approximate surface area is 191 Å². The number of nitrogens with zero attached hydrogens (tertiary/aromatic N) is 1. The molecule has 1 N–H and O–H groups in total. The summed E-state index contributed by atoms with van der Waals surface area (Å²) in [5.74, 6) is 0.773. The highest BCUT2D eigenvalue weighted by atomic mass is 35.5. The predicted octanol–water partition coefficient (Wildman–Crippen LogP) is 8.37. The van der Waals surface area contributed by atoms with Gasteiger partial charge in [-0.3, -0.25) is 0 Å². The van der Waals surface area contributed by atoms with Gasteiger partial charge in [0.15, 0.2) is 0 Å². The first-order valence-corrected chi connectivity index (χ1v) is 11.0. The van der Waals surface area contributed by atoms with Gasteiger partial charge in [-0.05, 0) is 16.2 Å². The lowest BCUT2D eigenvalue weighted by Crippen LogP contribution is -1.89. The van der Waals surface area contributed by atoms with Gasteiger partial charge in [-0.25, -0.2) is 4.98 Å². The van der Waals surface area contributed by atoms with Crippen LogP contribution in [0.4, 0.5) is 0 Å². The van der Waals surface area contributed by atoms with Crippen molar-refractivity contribution >= 4 is 33.1 Å². The van der Waals surface area contributed by atoms with E-state index in [9.17, 15) is 0 Å². The largest absolute Gasteiger partial charge is 0.337 e. The Kier molecular flexibility index (Phi) is 4.52. The van der Waals surface area contributed by atoms with Gasteiger partial charge in [-0.1, -0.05) is 121 Å². The molecule has 0 aliphatic carbocycles. The average Bonchev–Trinajstić information content (AvgIpc) is 3.30. The van der Waals surface area contributed by atoms with Crippen molar-refractivity contribution in [3.8, 4) is 33.9 Å². The molecule has 2 nitrogen and oxygen atoms in total. The molecule has 0 aliphatic rings. The monoisotopic (exact) mass is 430 g/mol. The minimum atomic E-state index is 0.715. The molecule has 1 aromatic heterocycles. The van der Waals surface area contributed by atoms with Crippen molar-refractivity contribution in [1.82, 2.24) is 9.97 Å². The van der Waals surface area contributed by atoms with Crippen LogP contribution in [-0.4, -0.2) is 9.97 Å². The van der Waals surface area contributed by atoms with Crippen LogP contribution in [0.5, 0.6) is 0 Å². The minimum Gasteiger partial charge on any atom is -0.337 e. The maximum absolute atomic E-state index is 7.05.